The molecule has 7 aromatic carbocycles. The Morgan fingerprint density at radius 1 is 0.368 bits per heavy atom. The number of rotatable bonds is 7. The van der Waals surface area contributed by atoms with E-state index >= 15 is 0 Å². The van der Waals surface area contributed by atoms with Crippen molar-refractivity contribution in [3.05, 3.63) is 187 Å². The minimum absolute atomic E-state index is 0.614. The Hall–Kier alpha value is -6.70. The zero-order valence-electron chi connectivity index (χ0n) is 31.8. The van der Waals surface area contributed by atoms with Crippen LogP contribution in [0, 0.1) is 23.2 Å². The molecule has 0 radical (unpaired) electrons. The average molecular weight is 735 g/mol. The van der Waals surface area contributed by atoms with Gasteiger partial charge in [-0.25, -0.2) is 15.0 Å². The van der Waals surface area contributed by atoms with E-state index in [1.807, 2.05) is 60.7 Å². The number of benzene rings is 7. The number of aromatic nitrogens is 3. The minimum Gasteiger partial charge on any atom is -0.208 e. The molecule has 0 spiro atoms. The first-order valence-corrected chi connectivity index (χ1v) is 20.2. The zero-order valence-corrected chi connectivity index (χ0v) is 31.8. The summed E-state index contributed by atoms with van der Waals surface area (Å²) >= 11 is 0. The van der Waals surface area contributed by atoms with Crippen molar-refractivity contribution in [1.82, 2.24) is 15.0 Å². The lowest BCUT2D eigenvalue weighted by molar-refractivity contribution is 0.151. The minimum atomic E-state index is 0.614. The zero-order chi connectivity index (χ0) is 38.1. The highest BCUT2D eigenvalue weighted by Gasteiger charge is 2.37. The SMILES string of the molecule is N#Cc1ccc(-c2ccc(C3CC4CC(C3)CC(c3ccc(-c5cccc6c(-c7nc(-c8ccccc8)nc(-c8ccccc8)n7)cccc56)cc3)C4)cc2)cc1. The second kappa shape index (κ2) is 15.1. The molecule has 2 unspecified atom stereocenters. The van der Waals surface area contributed by atoms with Crippen LogP contribution in [0.1, 0.15) is 60.6 Å². The molecule has 2 bridgehead atoms. The van der Waals surface area contributed by atoms with Gasteiger partial charge in [0.05, 0.1) is 11.6 Å². The molecular formula is C53H42N4. The van der Waals surface area contributed by atoms with Crippen LogP contribution in [0.15, 0.2) is 170 Å². The lowest BCUT2D eigenvalue weighted by Crippen LogP contribution is -2.29. The molecule has 57 heavy (non-hydrogen) atoms. The maximum absolute atomic E-state index is 9.16. The molecule has 0 N–H and O–H groups in total. The van der Waals surface area contributed by atoms with Crippen molar-refractivity contribution in [2.75, 3.05) is 0 Å². The van der Waals surface area contributed by atoms with Gasteiger partial charge in [0.1, 0.15) is 0 Å². The van der Waals surface area contributed by atoms with E-state index in [1.54, 1.807) is 0 Å². The summed E-state index contributed by atoms with van der Waals surface area (Å²) in [5.41, 5.74) is 11.4. The first-order chi connectivity index (χ1) is 28.1. The molecule has 10 rings (SSSR count). The molecule has 2 aliphatic rings. The van der Waals surface area contributed by atoms with Gasteiger partial charge in [-0.1, -0.05) is 158 Å². The predicted octanol–water partition coefficient (Wildman–Crippen LogP) is 13.3. The van der Waals surface area contributed by atoms with Crippen molar-refractivity contribution < 1.29 is 0 Å². The van der Waals surface area contributed by atoms with Gasteiger partial charge in [0.15, 0.2) is 17.5 Å². The summed E-state index contributed by atoms with van der Waals surface area (Å²) < 4.78 is 0. The Kier molecular flexibility index (Phi) is 9.20. The quantitative estimate of drug-likeness (QED) is 0.164. The van der Waals surface area contributed by atoms with Crippen LogP contribution in [0.4, 0.5) is 0 Å². The predicted molar refractivity (Wildman–Crippen MR) is 231 cm³/mol. The van der Waals surface area contributed by atoms with Crippen LogP contribution in [0.5, 0.6) is 0 Å². The molecule has 8 aromatic rings. The van der Waals surface area contributed by atoms with E-state index in [2.05, 4.69) is 115 Å². The molecule has 2 atom stereocenters. The maximum atomic E-state index is 9.16. The van der Waals surface area contributed by atoms with Gasteiger partial charge < -0.3 is 0 Å². The Morgan fingerprint density at radius 3 is 1.32 bits per heavy atom. The molecule has 2 aliphatic carbocycles. The molecular weight excluding hydrogens is 693 g/mol. The van der Waals surface area contributed by atoms with Crippen LogP contribution < -0.4 is 0 Å². The first kappa shape index (κ1) is 34.8. The van der Waals surface area contributed by atoms with Gasteiger partial charge in [-0.2, -0.15) is 5.26 Å². The second-order valence-corrected chi connectivity index (χ2v) is 16.0. The van der Waals surface area contributed by atoms with E-state index in [-0.39, 0.29) is 0 Å². The Morgan fingerprint density at radius 2 is 0.807 bits per heavy atom. The first-order valence-electron chi connectivity index (χ1n) is 20.2. The van der Waals surface area contributed by atoms with Gasteiger partial charge in [0.25, 0.3) is 0 Å². The molecule has 0 aliphatic heterocycles. The highest BCUT2D eigenvalue weighted by molar-refractivity contribution is 6.03. The number of hydrogen-bond acceptors (Lipinski definition) is 4. The van der Waals surface area contributed by atoms with Crippen molar-refractivity contribution in [3.8, 4) is 62.5 Å². The highest BCUT2D eigenvalue weighted by atomic mass is 15.0. The van der Waals surface area contributed by atoms with Gasteiger partial charge in [0.2, 0.25) is 0 Å². The molecule has 0 amide bonds. The fraction of sp³-hybridized carbons (Fsp3) is 0.170. The molecule has 2 fully saturated rings. The summed E-state index contributed by atoms with van der Waals surface area (Å²) in [6.07, 6.45) is 6.47. The number of nitriles is 1. The normalized spacial score (nSPS) is 18.9. The third kappa shape index (κ3) is 7.03. The van der Waals surface area contributed by atoms with Crippen LogP contribution in [-0.4, -0.2) is 15.0 Å². The van der Waals surface area contributed by atoms with E-state index in [0.717, 1.165) is 39.5 Å². The lowest BCUT2D eigenvalue weighted by atomic mass is 9.62. The molecule has 1 heterocycles. The fourth-order valence-electron chi connectivity index (χ4n) is 9.70. The van der Waals surface area contributed by atoms with E-state index in [9.17, 15) is 0 Å². The van der Waals surface area contributed by atoms with Crippen molar-refractivity contribution >= 4 is 10.8 Å². The Bertz CT molecular complexity index is 2640. The summed E-state index contributed by atoms with van der Waals surface area (Å²) in [7, 11) is 0. The van der Waals surface area contributed by atoms with E-state index in [4.69, 9.17) is 20.2 Å². The van der Waals surface area contributed by atoms with E-state index < -0.39 is 0 Å². The van der Waals surface area contributed by atoms with Crippen LogP contribution in [0.25, 0.3) is 67.2 Å². The van der Waals surface area contributed by atoms with Crippen molar-refractivity contribution in [1.29, 1.82) is 5.26 Å². The summed E-state index contributed by atoms with van der Waals surface area (Å²) in [6.45, 7) is 0. The van der Waals surface area contributed by atoms with Gasteiger partial charge in [-0.3, -0.25) is 0 Å². The van der Waals surface area contributed by atoms with Crippen LogP contribution in [0.3, 0.4) is 0 Å². The summed E-state index contributed by atoms with van der Waals surface area (Å²) in [5, 5.41) is 11.5. The number of fused-ring (bicyclic) bond motifs is 3. The molecule has 274 valence electrons. The number of hydrogen-bond donors (Lipinski definition) is 0. The van der Waals surface area contributed by atoms with Crippen molar-refractivity contribution in [3.63, 3.8) is 0 Å². The molecule has 4 nitrogen and oxygen atoms in total. The Labute approximate surface area is 334 Å². The monoisotopic (exact) mass is 734 g/mol. The van der Waals surface area contributed by atoms with Crippen LogP contribution in [0.2, 0.25) is 0 Å². The Balaban J connectivity index is 0.886. The van der Waals surface area contributed by atoms with E-state index in [1.165, 1.54) is 65.3 Å². The molecule has 2 saturated carbocycles. The topological polar surface area (TPSA) is 62.5 Å². The lowest BCUT2D eigenvalue weighted by Gasteiger charge is -2.43. The third-order valence-corrected chi connectivity index (χ3v) is 12.4. The summed E-state index contributed by atoms with van der Waals surface area (Å²) in [4.78, 5) is 15.0. The highest BCUT2D eigenvalue weighted by Crippen LogP contribution is 2.51. The van der Waals surface area contributed by atoms with Gasteiger partial charge in [0, 0.05) is 16.7 Å². The fourth-order valence-corrected chi connectivity index (χ4v) is 9.70. The van der Waals surface area contributed by atoms with Gasteiger partial charge in [-0.15, -0.1) is 0 Å². The molecule has 0 saturated heterocycles. The van der Waals surface area contributed by atoms with Crippen LogP contribution in [-0.2, 0) is 0 Å². The average Bonchev–Trinajstić information content (AvgIpc) is 3.29. The van der Waals surface area contributed by atoms with Gasteiger partial charge in [-0.05, 0) is 112 Å². The smallest absolute Gasteiger partial charge is 0.164 e. The second-order valence-electron chi connectivity index (χ2n) is 16.0. The van der Waals surface area contributed by atoms with Gasteiger partial charge >= 0.3 is 0 Å². The number of nitrogens with zero attached hydrogens (tertiary/aromatic N) is 4. The maximum Gasteiger partial charge on any atom is 0.164 e. The molecule has 1 aromatic heterocycles. The summed E-state index contributed by atoms with van der Waals surface area (Å²) in [6, 6.07) is 62.2. The van der Waals surface area contributed by atoms with Crippen molar-refractivity contribution in [2.45, 2.75) is 43.9 Å². The van der Waals surface area contributed by atoms with Crippen molar-refractivity contribution in [2.24, 2.45) is 11.8 Å². The van der Waals surface area contributed by atoms with Crippen LogP contribution >= 0.6 is 0 Å². The summed E-state index contributed by atoms with van der Waals surface area (Å²) in [5.74, 6) is 4.79. The molecule has 4 heteroatoms. The standard InChI is InChI=1S/C53H42N4/c54-34-35-17-19-38(20-18-35)39-21-23-40(24-22-39)45-30-36-29-37(31-45)33-46(32-36)41-25-27-42(28-26-41)47-13-7-15-49-48(47)14-8-16-50(49)53-56-51(43-9-3-1-4-10-43)55-52(57-53)44-11-5-2-6-12-44/h1-28,36-37,45-46H,29-33H2. The van der Waals surface area contributed by atoms with E-state index in [0.29, 0.717) is 34.9 Å². The largest absolute Gasteiger partial charge is 0.208 e. The third-order valence-electron chi connectivity index (χ3n) is 12.4.